The molecule has 3 N–H and O–H groups in total. The lowest BCUT2D eigenvalue weighted by atomic mass is 10.2. The lowest BCUT2D eigenvalue weighted by Crippen LogP contribution is -2.19. The molecule has 0 saturated carbocycles. The number of hydrazone groups is 1. The van der Waals surface area contributed by atoms with E-state index in [1.807, 2.05) is 0 Å². The van der Waals surface area contributed by atoms with Crippen molar-refractivity contribution in [2.45, 2.75) is 39.0 Å². The summed E-state index contributed by atoms with van der Waals surface area (Å²) in [5, 5.41) is 24.5. The SMILES string of the molecule is CCCCCC(=O)Nc1nnc(CC(=O)N/N=C\c2cccc(O)c2)s1. The van der Waals surface area contributed by atoms with Crippen LogP contribution < -0.4 is 10.7 Å². The average Bonchev–Trinajstić information content (AvgIpc) is 3.02. The molecule has 9 heteroatoms. The zero-order chi connectivity index (χ0) is 18.8. The van der Waals surface area contributed by atoms with Gasteiger partial charge in [-0.2, -0.15) is 5.10 Å². The first-order chi connectivity index (χ1) is 12.6. The highest BCUT2D eigenvalue weighted by molar-refractivity contribution is 7.15. The first-order valence-electron chi connectivity index (χ1n) is 8.30. The van der Waals surface area contributed by atoms with E-state index in [-0.39, 0.29) is 24.0 Å². The van der Waals surface area contributed by atoms with Gasteiger partial charge in [-0.1, -0.05) is 43.2 Å². The molecule has 0 atom stereocenters. The van der Waals surface area contributed by atoms with Crippen molar-refractivity contribution >= 4 is 34.5 Å². The van der Waals surface area contributed by atoms with Gasteiger partial charge in [0.1, 0.15) is 10.8 Å². The summed E-state index contributed by atoms with van der Waals surface area (Å²) in [6.07, 6.45) is 4.80. The van der Waals surface area contributed by atoms with E-state index in [1.54, 1.807) is 18.2 Å². The number of phenols is 1. The van der Waals surface area contributed by atoms with Gasteiger partial charge in [0.25, 0.3) is 0 Å². The number of hydrogen-bond donors (Lipinski definition) is 3. The molecule has 2 aromatic rings. The molecule has 1 aromatic heterocycles. The van der Waals surface area contributed by atoms with Gasteiger partial charge in [0.05, 0.1) is 12.6 Å². The molecular formula is C17H21N5O3S. The number of carbonyl (C=O) groups excluding carboxylic acids is 2. The molecule has 26 heavy (non-hydrogen) atoms. The fraction of sp³-hybridized carbons (Fsp3) is 0.353. The van der Waals surface area contributed by atoms with Gasteiger partial charge in [0, 0.05) is 6.42 Å². The number of rotatable bonds is 9. The number of aromatic nitrogens is 2. The molecule has 0 fully saturated rings. The largest absolute Gasteiger partial charge is 0.508 e. The van der Waals surface area contributed by atoms with Crippen LogP contribution in [0.15, 0.2) is 29.4 Å². The maximum absolute atomic E-state index is 11.9. The molecule has 0 saturated heterocycles. The first kappa shape index (κ1) is 19.5. The number of phenolic OH excluding ortho intramolecular Hbond substituents is 1. The predicted octanol–water partition coefficient (Wildman–Crippen LogP) is 2.46. The number of amides is 2. The standard InChI is InChI=1S/C17H21N5O3S/c1-2-3-4-8-14(24)19-17-22-21-16(26-17)10-15(25)20-18-11-12-6-5-7-13(23)9-12/h5-7,9,11,23H,2-4,8,10H2,1H3,(H,20,25)(H,19,22,24)/b18-11-. The van der Waals surface area contributed by atoms with Crippen molar-refractivity contribution in [1.82, 2.24) is 15.6 Å². The van der Waals surface area contributed by atoms with Crippen molar-refractivity contribution < 1.29 is 14.7 Å². The van der Waals surface area contributed by atoms with Crippen molar-refractivity contribution in [2.24, 2.45) is 5.10 Å². The Morgan fingerprint density at radius 3 is 2.88 bits per heavy atom. The summed E-state index contributed by atoms with van der Waals surface area (Å²) < 4.78 is 0. The highest BCUT2D eigenvalue weighted by Gasteiger charge is 2.11. The Bertz CT molecular complexity index is 775. The van der Waals surface area contributed by atoms with Crippen LogP contribution in [0.1, 0.15) is 43.2 Å². The second kappa shape index (κ2) is 10.2. The molecule has 1 aromatic carbocycles. The number of anilines is 1. The van der Waals surface area contributed by atoms with E-state index in [0.717, 1.165) is 30.6 Å². The topological polar surface area (TPSA) is 117 Å². The Balaban J connectivity index is 1.77. The average molecular weight is 375 g/mol. The number of nitrogens with zero attached hydrogens (tertiary/aromatic N) is 3. The van der Waals surface area contributed by atoms with Crippen LogP contribution in [-0.4, -0.2) is 33.3 Å². The second-order valence-corrected chi connectivity index (χ2v) is 6.63. The van der Waals surface area contributed by atoms with Gasteiger partial charge < -0.3 is 10.4 Å². The molecule has 0 aliphatic carbocycles. The number of aromatic hydroxyl groups is 1. The molecule has 1 heterocycles. The lowest BCUT2D eigenvalue weighted by molar-refractivity contribution is -0.120. The van der Waals surface area contributed by atoms with E-state index in [9.17, 15) is 14.7 Å². The Hall–Kier alpha value is -2.81. The molecule has 0 bridgehead atoms. The number of hydrogen-bond acceptors (Lipinski definition) is 7. The second-order valence-electron chi connectivity index (χ2n) is 5.57. The number of unbranched alkanes of at least 4 members (excludes halogenated alkanes) is 2. The number of carbonyl (C=O) groups is 2. The van der Waals surface area contributed by atoms with Crippen LogP contribution in [0, 0.1) is 0 Å². The third kappa shape index (κ3) is 6.98. The maximum atomic E-state index is 11.9. The van der Waals surface area contributed by atoms with E-state index in [1.165, 1.54) is 12.3 Å². The molecular weight excluding hydrogens is 354 g/mol. The fourth-order valence-electron chi connectivity index (χ4n) is 2.05. The van der Waals surface area contributed by atoms with E-state index in [4.69, 9.17) is 0 Å². The van der Waals surface area contributed by atoms with Crippen molar-refractivity contribution in [1.29, 1.82) is 0 Å². The van der Waals surface area contributed by atoms with Crippen molar-refractivity contribution in [3.05, 3.63) is 34.8 Å². The molecule has 2 amide bonds. The van der Waals surface area contributed by atoms with Crippen molar-refractivity contribution in [3.63, 3.8) is 0 Å². The van der Waals surface area contributed by atoms with Gasteiger partial charge in [-0.3, -0.25) is 9.59 Å². The Morgan fingerprint density at radius 2 is 2.12 bits per heavy atom. The van der Waals surface area contributed by atoms with Crippen LogP contribution in [0.25, 0.3) is 0 Å². The molecule has 0 aliphatic rings. The Morgan fingerprint density at radius 1 is 1.27 bits per heavy atom. The van der Waals surface area contributed by atoms with Gasteiger partial charge in [-0.25, -0.2) is 5.43 Å². The minimum Gasteiger partial charge on any atom is -0.508 e. The maximum Gasteiger partial charge on any atom is 0.247 e. The summed E-state index contributed by atoms with van der Waals surface area (Å²) in [5.74, 6) is -0.321. The molecule has 138 valence electrons. The summed E-state index contributed by atoms with van der Waals surface area (Å²) in [5.41, 5.74) is 3.05. The zero-order valence-corrected chi connectivity index (χ0v) is 15.3. The first-order valence-corrected chi connectivity index (χ1v) is 9.11. The van der Waals surface area contributed by atoms with Crippen molar-refractivity contribution in [3.8, 4) is 5.75 Å². The van der Waals surface area contributed by atoms with Crippen LogP contribution in [0.5, 0.6) is 5.75 Å². The highest BCUT2D eigenvalue weighted by Crippen LogP contribution is 2.16. The summed E-state index contributed by atoms with van der Waals surface area (Å²) in [4.78, 5) is 23.6. The minimum atomic E-state index is -0.349. The predicted molar refractivity (Wildman–Crippen MR) is 100 cm³/mol. The molecule has 8 nitrogen and oxygen atoms in total. The smallest absolute Gasteiger partial charge is 0.247 e. The normalized spacial score (nSPS) is 10.8. The van der Waals surface area contributed by atoms with Crippen LogP contribution in [-0.2, 0) is 16.0 Å². The van der Waals surface area contributed by atoms with Gasteiger partial charge in [-0.05, 0) is 24.1 Å². The summed E-state index contributed by atoms with van der Waals surface area (Å²) in [7, 11) is 0. The molecule has 0 unspecified atom stereocenters. The van der Waals surface area contributed by atoms with E-state index in [0.29, 0.717) is 22.1 Å². The Labute approximate surface area is 155 Å². The third-order valence-corrected chi connectivity index (χ3v) is 4.14. The van der Waals surface area contributed by atoms with Gasteiger partial charge in [0.15, 0.2) is 0 Å². The summed E-state index contributed by atoms with van der Waals surface area (Å²) in [6.45, 7) is 2.08. The van der Waals surface area contributed by atoms with Crippen LogP contribution in [0.4, 0.5) is 5.13 Å². The lowest BCUT2D eigenvalue weighted by Gasteiger charge is -1.99. The highest BCUT2D eigenvalue weighted by atomic mass is 32.1. The molecule has 0 radical (unpaired) electrons. The summed E-state index contributed by atoms with van der Waals surface area (Å²) >= 11 is 1.16. The zero-order valence-electron chi connectivity index (χ0n) is 14.4. The van der Waals surface area contributed by atoms with Crippen LogP contribution in [0.3, 0.4) is 0 Å². The minimum absolute atomic E-state index is 0.0146. The van der Waals surface area contributed by atoms with E-state index < -0.39 is 0 Å². The fourth-order valence-corrected chi connectivity index (χ4v) is 2.81. The van der Waals surface area contributed by atoms with Gasteiger partial charge in [-0.15, -0.1) is 10.2 Å². The monoisotopic (exact) mass is 375 g/mol. The van der Waals surface area contributed by atoms with Gasteiger partial charge >= 0.3 is 0 Å². The van der Waals surface area contributed by atoms with Crippen LogP contribution in [0.2, 0.25) is 0 Å². The molecule has 0 spiro atoms. The molecule has 2 rings (SSSR count). The van der Waals surface area contributed by atoms with E-state index in [2.05, 4.69) is 33.0 Å². The molecule has 0 aliphatic heterocycles. The number of benzene rings is 1. The van der Waals surface area contributed by atoms with Gasteiger partial charge in [0.2, 0.25) is 16.9 Å². The van der Waals surface area contributed by atoms with E-state index >= 15 is 0 Å². The number of nitrogens with one attached hydrogen (secondary N) is 2. The van der Waals surface area contributed by atoms with Crippen molar-refractivity contribution in [2.75, 3.05) is 5.32 Å². The third-order valence-electron chi connectivity index (χ3n) is 3.31. The van der Waals surface area contributed by atoms with Crippen LogP contribution >= 0.6 is 11.3 Å². The quantitative estimate of drug-likeness (QED) is 0.354. The summed E-state index contributed by atoms with van der Waals surface area (Å²) in [6, 6.07) is 6.49. The Kier molecular flexibility index (Phi) is 7.69.